The van der Waals surface area contributed by atoms with Gasteiger partial charge in [0.05, 0.1) is 17.4 Å². The van der Waals surface area contributed by atoms with Gasteiger partial charge in [-0.3, -0.25) is 9.78 Å². The van der Waals surface area contributed by atoms with Crippen molar-refractivity contribution in [2.24, 2.45) is 0 Å². The van der Waals surface area contributed by atoms with E-state index in [0.717, 1.165) is 37.3 Å². The van der Waals surface area contributed by atoms with Gasteiger partial charge >= 0.3 is 0 Å². The number of pyridine rings is 1. The van der Waals surface area contributed by atoms with Gasteiger partial charge in [-0.2, -0.15) is 0 Å². The topological polar surface area (TPSA) is 45.2 Å². The van der Waals surface area contributed by atoms with Crippen LogP contribution in [0.25, 0.3) is 0 Å². The molecule has 4 nitrogen and oxygen atoms in total. The normalized spacial score (nSPS) is 14.0. The molecule has 0 radical (unpaired) electrons. The average molecular weight is 323 g/mol. The van der Waals surface area contributed by atoms with Crippen LogP contribution in [0, 0.1) is 0 Å². The minimum absolute atomic E-state index is 0.0841. The van der Waals surface area contributed by atoms with Crippen molar-refractivity contribution in [3.63, 3.8) is 0 Å². The summed E-state index contributed by atoms with van der Waals surface area (Å²) in [6.07, 6.45) is 7.71. The number of amides is 1. The smallest absolute Gasteiger partial charge is 0.257 e. The van der Waals surface area contributed by atoms with E-state index in [0.29, 0.717) is 5.56 Å². The second-order valence-corrected chi connectivity index (χ2v) is 6.24. The van der Waals surface area contributed by atoms with E-state index in [1.54, 1.807) is 6.20 Å². The van der Waals surface area contributed by atoms with Crippen LogP contribution in [0.15, 0.2) is 36.7 Å². The zero-order valence-electron chi connectivity index (χ0n) is 14.5. The second kappa shape index (κ2) is 7.47. The fourth-order valence-corrected chi connectivity index (χ4v) is 3.29. The van der Waals surface area contributed by atoms with Crippen LogP contribution in [0.4, 0.5) is 11.4 Å². The van der Waals surface area contributed by atoms with Crippen molar-refractivity contribution in [1.82, 2.24) is 4.98 Å². The van der Waals surface area contributed by atoms with Crippen molar-refractivity contribution < 1.29 is 4.79 Å². The Morgan fingerprint density at radius 1 is 1.12 bits per heavy atom. The molecule has 0 bridgehead atoms. The minimum atomic E-state index is -0.0841. The van der Waals surface area contributed by atoms with Crippen LogP contribution in [-0.4, -0.2) is 24.0 Å². The molecule has 0 aliphatic carbocycles. The van der Waals surface area contributed by atoms with E-state index in [1.165, 1.54) is 24.0 Å². The number of aryl methyl sites for hydroxylation is 2. The van der Waals surface area contributed by atoms with Crippen LogP contribution in [-0.2, 0) is 12.8 Å². The first-order valence-electron chi connectivity index (χ1n) is 8.85. The molecule has 0 atom stereocenters. The van der Waals surface area contributed by atoms with Crippen LogP contribution in [0.1, 0.15) is 48.2 Å². The number of nitrogens with zero attached hydrogens (tertiary/aromatic N) is 2. The molecular formula is C20H25N3O. The Morgan fingerprint density at radius 3 is 2.42 bits per heavy atom. The summed E-state index contributed by atoms with van der Waals surface area (Å²) in [5.74, 6) is -0.0841. The van der Waals surface area contributed by atoms with Crippen LogP contribution >= 0.6 is 0 Å². The number of para-hydroxylation sites is 1. The van der Waals surface area contributed by atoms with Gasteiger partial charge in [-0.15, -0.1) is 0 Å². The highest BCUT2D eigenvalue weighted by atomic mass is 16.1. The molecule has 4 heteroatoms. The highest BCUT2D eigenvalue weighted by Crippen LogP contribution is 2.24. The Kier molecular flexibility index (Phi) is 5.14. The second-order valence-electron chi connectivity index (χ2n) is 6.24. The third-order valence-electron chi connectivity index (χ3n) is 4.69. The van der Waals surface area contributed by atoms with E-state index < -0.39 is 0 Å². The first-order valence-corrected chi connectivity index (χ1v) is 8.85. The molecule has 1 amide bonds. The molecule has 1 fully saturated rings. The zero-order chi connectivity index (χ0) is 16.9. The van der Waals surface area contributed by atoms with Gasteiger partial charge < -0.3 is 10.2 Å². The molecular weight excluding hydrogens is 298 g/mol. The number of carbonyl (C=O) groups excluding carboxylic acids is 1. The van der Waals surface area contributed by atoms with E-state index in [2.05, 4.69) is 47.2 Å². The fourth-order valence-electron chi connectivity index (χ4n) is 3.29. The number of aromatic nitrogens is 1. The molecule has 2 heterocycles. The molecule has 24 heavy (non-hydrogen) atoms. The molecule has 3 rings (SSSR count). The third-order valence-corrected chi connectivity index (χ3v) is 4.69. The van der Waals surface area contributed by atoms with E-state index in [4.69, 9.17) is 0 Å². The van der Waals surface area contributed by atoms with Crippen molar-refractivity contribution >= 4 is 17.3 Å². The maximum Gasteiger partial charge on any atom is 0.257 e. The summed E-state index contributed by atoms with van der Waals surface area (Å²) in [5, 5.41) is 3.12. The summed E-state index contributed by atoms with van der Waals surface area (Å²) >= 11 is 0. The molecule has 0 unspecified atom stereocenters. The van der Waals surface area contributed by atoms with Gasteiger partial charge in [-0.1, -0.05) is 32.0 Å². The van der Waals surface area contributed by atoms with Crippen molar-refractivity contribution in [2.75, 3.05) is 23.3 Å². The molecule has 1 aromatic carbocycles. The Morgan fingerprint density at radius 2 is 1.79 bits per heavy atom. The van der Waals surface area contributed by atoms with Crippen molar-refractivity contribution in [1.29, 1.82) is 0 Å². The van der Waals surface area contributed by atoms with Gasteiger partial charge in [0.25, 0.3) is 5.91 Å². The molecule has 1 N–H and O–H groups in total. The number of benzene rings is 1. The summed E-state index contributed by atoms with van der Waals surface area (Å²) in [5.41, 5.74) is 4.96. The van der Waals surface area contributed by atoms with E-state index >= 15 is 0 Å². The van der Waals surface area contributed by atoms with Crippen LogP contribution < -0.4 is 10.2 Å². The molecule has 1 saturated heterocycles. The number of rotatable bonds is 5. The Balaban J connectivity index is 1.84. The average Bonchev–Trinajstić information content (AvgIpc) is 3.16. The third kappa shape index (κ3) is 3.42. The lowest BCUT2D eigenvalue weighted by Gasteiger charge is -2.18. The Bertz CT molecular complexity index is 698. The number of hydrogen-bond donors (Lipinski definition) is 1. The quantitative estimate of drug-likeness (QED) is 0.902. The SMILES string of the molecule is CCc1cccc(CC)c1NC(=O)c1cncc(N2CCCC2)c1. The van der Waals surface area contributed by atoms with Crippen molar-refractivity contribution in [3.8, 4) is 0 Å². The minimum Gasteiger partial charge on any atom is -0.370 e. The molecule has 126 valence electrons. The van der Waals surface area contributed by atoms with Gasteiger partial charge in [0.15, 0.2) is 0 Å². The highest BCUT2D eigenvalue weighted by Gasteiger charge is 2.16. The molecule has 2 aromatic rings. The molecule has 1 aliphatic rings. The maximum atomic E-state index is 12.7. The fraction of sp³-hybridized carbons (Fsp3) is 0.400. The highest BCUT2D eigenvalue weighted by molar-refractivity contribution is 6.05. The monoisotopic (exact) mass is 323 g/mol. The van der Waals surface area contributed by atoms with E-state index in [-0.39, 0.29) is 5.91 Å². The predicted octanol–water partition coefficient (Wildman–Crippen LogP) is 4.06. The van der Waals surface area contributed by atoms with E-state index in [9.17, 15) is 4.79 Å². The van der Waals surface area contributed by atoms with Gasteiger partial charge in [-0.25, -0.2) is 0 Å². The zero-order valence-corrected chi connectivity index (χ0v) is 14.5. The summed E-state index contributed by atoms with van der Waals surface area (Å²) < 4.78 is 0. The number of carbonyl (C=O) groups is 1. The predicted molar refractivity (Wildman–Crippen MR) is 98.8 cm³/mol. The Hall–Kier alpha value is -2.36. The standard InChI is InChI=1S/C20H25N3O/c1-3-15-8-7-9-16(4-2)19(15)22-20(24)17-12-18(14-21-13-17)23-10-5-6-11-23/h7-9,12-14H,3-6,10-11H2,1-2H3,(H,22,24). The number of hydrogen-bond acceptors (Lipinski definition) is 3. The van der Waals surface area contributed by atoms with Crippen molar-refractivity contribution in [2.45, 2.75) is 39.5 Å². The van der Waals surface area contributed by atoms with Crippen molar-refractivity contribution in [3.05, 3.63) is 53.3 Å². The van der Waals surface area contributed by atoms with Gasteiger partial charge in [0.1, 0.15) is 0 Å². The lowest BCUT2D eigenvalue weighted by atomic mass is 10.0. The number of anilines is 2. The summed E-state index contributed by atoms with van der Waals surface area (Å²) in [7, 11) is 0. The lowest BCUT2D eigenvalue weighted by Crippen LogP contribution is -2.20. The molecule has 1 aliphatic heterocycles. The molecule has 0 saturated carbocycles. The van der Waals surface area contributed by atoms with Gasteiger partial charge in [0.2, 0.25) is 0 Å². The summed E-state index contributed by atoms with van der Waals surface area (Å²) in [4.78, 5) is 19.3. The summed E-state index contributed by atoms with van der Waals surface area (Å²) in [6, 6.07) is 8.16. The lowest BCUT2D eigenvalue weighted by molar-refractivity contribution is 0.102. The Labute approximate surface area is 143 Å². The largest absolute Gasteiger partial charge is 0.370 e. The van der Waals surface area contributed by atoms with E-state index in [1.807, 2.05) is 12.3 Å². The molecule has 1 aromatic heterocycles. The van der Waals surface area contributed by atoms with Crippen LogP contribution in [0.2, 0.25) is 0 Å². The van der Waals surface area contributed by atoms with Gasteiger partial charge in [0, 0.05) is 25.0 Å². The molecule has 0 spiro atoms. The van der Waals surface area contributed by atoms with Gasteiger partial charge in [-0.05, 0) is 42.9 Å². The van der Waals surface area contributed by atoms with Crippen LogP contribution in [0.3, 0.4) is 0 Å². The number of nitrogens with one attached hydrogen (secondary N) is 1. The maximum absolute atomic E-state index is 12.7. The first-order chi connectivity index (χ1) is 11.7. The van der Waals surface area contributed by atoms with Crippen LogP contribution in [0.5, 0.6) is 0 Å². The first kappa shape index (κ1) is 16.5. The summed E-state index contributed by atoms with van der Waals surface area (Å²) in [6.45, 7) is 6.32.